The third kappa shape index (κ3) is 7.37. The summed E-state index contributed by atoms with van der Waals surface area (Å²) < 4.78 is 42.3. The standard InChI is InChI=1S/C37H36O8/c1-39-25-42-24-30-29(20-38)35(41-3)34-33(36(30)44-22-27-15-9-5-10-16-27)31(43-21-26-13-7-4-8-14-26)19-32(40-2)37(34)45-23-28-17-11-6-12-18-28/h4-20H,21-25H2,1-3H3. The van der Waals surface area contributed by atoms with Crippen molar-refractivity contribution in [3.8, 4) is 28.7 Å². The van der Waals surface area contributed by atoms with Gasteiger partial charge in [0.25, 0.3) is 0 Å². The van der Waals surface area contributed by atoms with Gasteiger partial charge in [0.15, 0.2) is 17.8 Å². The van der Waals surface area contributed by atoms with Gasteiger partial charge in [-0.15, -0.1) is 0 Å². The number of ether oxygens (including phenoxy) is 7. The van der Waals surface area contributed by atoms with E-state index < -0.39 is 0 Å². The fourth-order valence-electron chi connectivity index (χ4n) is 5.07. The molecule has 0 spiro atoms. The molecule has 5 aromatic rings. The lowest BCUT2D eigenvalue weighted by Crippen LogP contribution is -2.10. The van der Waals surface area contributed by atoms with Crippen molar-refractivity contribution >= 4 is 17.1 Å². The van der Waals surface area contributed by atoms with Crippen LogP contribution in [0.1, 0.15) is 32.6 Å². The highest BCUT2D eigenvalue weighted by Gasteiger charge is 2.29. The predicted molar refractivity (Wildman–Crippen MR) is 171 cm³/mol. The van der Waals surface area contributed by atoms with E-state index in [9.17, 15) is 4.79 Å². The lowest BCUT2D eigenvalue weighted by Gasteiger charge is -2.24. The van der Waals surface area contributed by atoms with Crippen LogP contribution < -0.4 is 23.7 Å². The van der Waals surface area contributed by atoms with Crippen molar-refractivity contribution in [1.82, 2.24) is 0 Å². The first kappa shape index (κ1) is 31.4. The zero-order valence-electron chi connectivity index (χ0n) is 25.6. The molecule has 0 unspecified atom stereocenters. The fourth-order valence-corrected chi connectivity index (χ4v) is 5.07. The van der Waals surface area contributed by atoms with E-state index >= 15 is 0 Å². The van der Waals surface area contributed by atoms with Gasteiger partial charge in [-0.1, -0.05) is 91.0 Å². The third-order valence-electron chi connectivity index (χ3n) is 7.19. The summed E-state index contributed by atoms with van der Waals surface area (Å²) in [5.41, 5.74) is 3.62. The second-order valence-corrected chi connectivity index (χ2v) is 10.1. The van der Waals surface area contributed by atoms with Gasteiger partial charge in [0.2, 0.25) is 0 Å². The molecule has 0 fully saturated rings. The summed E-state index contributed by atoms with van der Waals surface area (Å²) in [7, 11) is 4.61. The molecule has 0 aliphatic rings. The van der Waals surface area contributed by atoms with Gasteiger partial charge in [-0.2, -0.15) is 0 Å². The van der Waals surface area contributed by atoms with Crippen molar-refractivity contribution in [3.05, 3.63) is 125 Å². The van der Waals surface area contributed by atoms with Crippen LogP contribution in [0.2, 0.25) is 0 Å². The molecule has 0 atom stereocenters. The minimum atomic E-state index is 0.0161. The fraction of sp³-hybridized carbons (Fsp3) is 0.216. The van der Waals surface area contributed by atoms with E-state index in [0.717, 1.165) is 23.0 Å². The average Bonchev–Trinajstić information content (AvgIpc) is 3.10. The van der Waals surface area contributed by atoms with Crippen LogP contribution in [0.5, 0.6) is 28.7 Å². The second-order valence-electron chi connectivity index (χ2n) is 10.1. The Kier molecular flexibility index (Phi) is 10.9. The van der Waals surface area contributed by atoms with Gasteiger partial charge in [0, 0.05) is 18.7 Å². The molecule has 0 N–H and O–H groups in total. The van der Waals surface area contributed by atoms with Crippen molar-refractivity contribution in [2.75, 3.05) is 28.1 Å². The Bertz CT molecular complexity index is 1690. The zero-order valence-corrected chi connectivity index (χ0v) is 25.6. The van der Waals surface area contributed by atoms with E-state index in [1.807, 2.05) is 91.0 Å². The van der Waals surface area contributed by atoms with Crippen LogP contribution in [-0.2, 0) is 35.9 Å². The van der Waals surface area contributed by atoms with Gasteiger partial charge >= 0.3 is 0 Å². The molecule has 8 heteroatoms. The Hall–Kier alpha value is -5.05. The summed E-state index contributed by atoms with van der Waals surface area (Å²) in [6, 6.07) is 31.2. The minimum absolute atomic E-state index is 0.0161. The molecule has 0 amide bonds. The zero-order chi connectivity index (χ0) is 31.4. The van der Waals surface area contributed by atoms with Gasteiger partial charge in [-0.05, 0) is 16.7 Å². The number of aldehydes is 1. The van der Waals surface area contributed by atoms with Crippen molar-refractivity contribution in [2.45, 2.75) is 26.4 Å². The van der Waals surface area contributed by atoms with Gasteiger partial charge in [-0.25, -0.2) is 0 Å². The van der Waals surface area contributed by atoms with Gasteiger partial charge in [0.1, 0.15) is 43.9 Å². The minimum Gasteiger partial charge on any atom is -0.495 e. The normalized spacial score (nSPS) is 10.8. The highest BCUT2D eigenvalue weighted by molar-refractivity contribution is 6.09. The smallest absolute Gasteiger partial charge is 0.173 e. The summed E-state index contributed by atoms with van der Waals surface area (Å²) in [4.78, 5) is 12.8. The average molecular weight is 609 g/mol. The van der Waals surface area contributed by atoms with Crippen LogP contribution in [0.3, 0.4) is 0 Å². The van der Waals surface area contributed by atoms with Crippen LogP contribution in [0.15, 0.2) is 97.1 Å². The summed E-state index contributed by atoms with van der Waals surface area (Å²) in [5.74, 6) is 1.95. The van der Waals surface area contributed by atoms with E-state index in [2.05, 4.69) is 0 Å². The highest BCUT2D eigenvalue weighted by Crippen LogP contribution is 2.53. The van der Waals surface area contributed by atoms with Gasteiger partial charge in [0.05, 0.1) is 37.2 Å². The van der Waals surface area contributed by atoms with Crippen molar-refractivity contribution in [3.63, 3.8) is 0 Å². The molecular weight excluding hydrogens is 572 g/mol. The van der Waals surface area contributed by atoms with Crippen molar-refractivity contribution in [2.24, 2.45) is 0 Å². The third-order valence-corrected chi connectivity index (χ3v) is 7.19. The topological polar surface area (TPSA) is 81.7 Å². The second kappa shape index (κ2) is 15.6. The predicted octanol–water partition coefficient (Wildman–Crippen LogP) is 7.53. The molecule has 0 bridgehead atoms. The maximum absolute atomic E-state index is 12.8. The first-order valence-corrected chi connectivity index (χ1v) is 14.5. The molecule has 0 aromatic heterocycles. The van der Waals surface area contributed by atoms with Crippen molar-refractivity contribution < 1.29 is 38.0 Å². The maximum Gasteiger partial charge on any atom is 0.173 e. The number of hydrogen-bond acceptors (Lipinski definition) is 8. The molecule has 5 aromatic carbocycles. The van der Waals surface area contributed by atoms with Crippen LogP contribution >= 0.6 is 0 Å². The molecule has 45 heavy (non-hydrogen) atoms. The SMILES string of the molecule is COCOCc1c(C=O)c(OC)c2c(OCc3ccccc3)c(OC)cc(OCc3ccccc3)c2c1OCc1ccccc1. The lowest BCUT2D eigenvalue weighted by molar-refractivity contribution is -0.0397. The van der Waals surface area contributed by atoms with E-state index in [-0.39, 0.29) is 44.5 Å². The molecule has 0 saturated carbocycles. The molecule has 5 rings (SSSR count). The summed E-state index contributed by atoms with van der Waals surface area (Å²) in [6.45, 7) is 0.775. The lowest BCUT2D eigenvalue weighted by atomic mass is 9.96. The molecule has 0 radical (unpaired) electrons. The number of carbonyl (C=O) groups excluding carboxylic acids is 1. The molecule has 0 saturated heterocycles. The number of methoxy groups -OCH3 is 3. The molecule has 0 heterocycles. The Balaban J connectivity index is 1.77. The van der Waals surface area contributed by atoms with Gasteiger partial charge < -0.3 is 33.2 Å². The van der Waals surface area contributed by atoms with E-state index in [1.54, 1.807) is 13.2 Å². The number of carbonyl (C=O) groups is 1. The number of benzene rings is 5. The van der Waals surface area contributed by atoms with Crippen LogP contribution in [-0.4, -0.2) is 34.4 Å². The molecule has 8 nitrogen and oxygen atoms in total. The van der Waals surface area contributed by atoms with E-state index in [4.69, 9.17) is 33.2 Å². The van der Waals surface area contributed by atoms with Crippen LogP contribution in [0.4, 0.5) is 0 Å². The van der Waals surface area contributed by atoms with Crippen LogP contribution in [0.25, 0.3) is 10.8 Å². The van der Waals surface area contributed by atoms with E-state index in [1.165, 1.54) is 14.2 Å². The van der Waals surface area contributed by atoms with Crippen molar-refractivity contribution in [1.29, 1.82) is 0 Å². The summed E-state index contributed by atoms with van der Waals surface area (Å²) >= 11 is 0. The Morgan fingerprint density at radius 2 is 1.09 bits per heavy atom. The summed E-state index contributed by atoms with van der Waals surface area (Å²) in [5, 5.41) is 1.04. The number of rotatable bonds is 16. The van der Waals surface area contributed by atoms with Crippen LogP contribution in [0, 0.1) is 0 Å². The molecule has 0 aliphatic heterocycles. The first-order valence-electron chi connectivity index (χ1n) is 14.5. The largest absolute Gasteiger partial charge is 0.495 e. The molecule has 232 valence electrons. The van der Waals surface area contributed by atoms with E-state index in [0.29, 0.717) is 39.3 Å². The number of hydrogen-bond donors (Lipinski definition) is 0. The monoisotopic (exact) mass is 608 g/mol. The molecular formula is C37H36O8. The Morgan fingerprint density at radius 1 is 0.556 bits per heavy atom. The highest BCUT2D eigenvalue weighted by atomic mass is 16.7. The van der Waals surface area contributed by atoms with Gasteiger partial charge in [-0.3, -0.25) is 4.79 Å². The first-order chi connectivity index (χ1) is 22.2. The number of fused-ring (bicyclic) bond motifs is 1. The quantitative estimate of drug-likeness (QED) is 0.0646. The molecule has 0 aliphatic carbocycles. The maximum atomic E-state index is 12.8. The Labute approximate surface area is 263 Å². The Morgan fingerprint density at radius 3 is 1.58 bits per heavy atom. The summed E-state index contributed by atoms with van der Waals surface area (Å²) in [6.07, 6.45) is 0.740.